The number of hydrogen-bond donors (Lipinski definition) is 3. The molecule has 6 aromatic carbocycles. The molecule has 3 amide bonds. The second-order valence-electron chi connectivity index (χ2n) is 18.0. The Hall–Kier alpha value is -11.0. The molecule has 0 spiro atoms. The summed E-state index contributed by atoms with van der Waals surface area (Å²) in [5.74, 6) is -0.747. The van der Waals surface area contributed by atoms with Gasteiger partial charge in [-0.15, -0.1) is 0 Å². The van der Waals surface area contributed by atoms with Gasteiger partial charge in [-0.3, -0.25) is 24.0 Å². The highest BCUT2D eigenvalue weighted by atomic mass is 16.7. The van der Waals surface area contributed by atoms with E-state index < -0.39 is 23.8 Å². The second-order valence-corrected chi connectivity index (χ2v) is 18.0. The quantitative estimate of drug-likeness (QED) is 0.0225. The number of anilines is 1. The Morgan fingerprint density at radius 3 is 1.50 bits per heavy atom. The molecule has 0 aliphatic carbocycles. The zero-order chi connectivity index (χ0) is 59.1. The van der Waals surface area contributed by atoms with Gasteiger partial charge in [0, 0.05) is 53.3 Å². The number of aryl methyl sites for hydroxylation is 1. The van der Waals surface area contributed by atoms with Gasteiger partial charge in [0.05, 0.1) is 0 Å². The van der Waals surface area contributed by atoms with Gasteiger partial charge in [0.1, 0.15) is 34.9 Å². The molecule has 7 rings (SSSR count). The Morgan fingerprint density at radius 1 is 0.524 bits per heavy atom. The number of allylic oxidation sites excluding steroid dienone is 6. The van der Waals surface area contributed by atoms with Gasteiger partial charge in [-0.2, -0.15) is 15.8 Å². The van der Waals surface area contributed by atoms with Crippen molar-refractivity contribution < 1.29 is 42.9 Å². The van der Waals surface area contributed by atoms with E-state index >= 15 is 0 Å². The summed E-state index contributed by atoms with van der Waals surface area (Å²) in [4.78, 5) is 60.9. The van der Waals surface area contributed by atoms with E-state index in [0.717, 1.165) is 34.4 Å². The van der Waals surface area contributed by atoms with Gasteiger partial charge >= 0.3 is 11.9 Å². The summed E-state index contributed by atoms with van der Waals surface area (Å²) >= 11 is 0. The van der Waals surface area contributed by atoms with Crippen LogP contribution in [-0.4, -0.2) is 57.1 Å². The van der Waals surface area contributed by atoms with Gasteiger partial charge in [0.25, 0.3) is 17.7 Å². The van der Waals surface area contributed by atoms with Gasteiger partial charge in [-0.25, -0.2) is 0 Å². The molecule has 1 aliphatic rings. The Labute approximate surface area is 477 Å². The third-order valence-corrected chi connectivity index (χ3v) is 11.4. The smallest absolute Gasteiger partial charge is 0.308 e. The molecule has 16 heteroatoms. The number of ether oxygens (including phenoxy) is 4. The van der Waals surface area contributed by atoms with Crippen molar-refractivity contribution in [2.75, 3.05) is 32.3 Å². The first-order valence-corrected chi connectivity index (χ1v) is 25.7. The molecule has 82 heavy (non-hydrogen) atoms. The summed E-state index contributed by atoms with van der Waals surface area (Å²) in [6.07, 6.45) is 15.4. The molecule has 0 radical (unpaired) electrons. The fourth-order valence-electron chi connectivity index (χ4n) is 7.29. The molecule has 0 saturated heterocycles. The summed E-state index contributed by atoms with van der Waals surface area (Å²) in [7, 11) is 3.98. The summed E-state index contributed by atoms with van der Waals surface area (Å²) in [6, 6.07) is 51.0. The maximum atomic E-state index is 12.2. The fraction of sp³-hybridized carbons (Fsp3) is 0.152. The second kappa shape index (κ2) is 33.3. The number of nitrogens with one attached hydrogen (secondary N) is 3. The van der Waals surface area contributed by atoms with Crippen LogP contribution in [0.5, 0.6) is 23.0 Å². The maximum Gasteiger partial charge on any atom is 0.308 e. The van der Waals surface area contributed by atoms with Crippen molar-refractivity contribution in [2.45, 2.75) is 40.3 Å². The zero-order valence-corrected chi connectivity index (χ0v) is 46.1. The molecule has 3 N–H and O–H groups in total. The van der Waals surface area contributed by atoms with Crippen LogP contribution in [0.2, 0.25) is 0 Å². The number of benzene rings is 6. The number of nitrogens with zero attached hydrogens (tertiary/aromatic N) is 4. The van der Waals surface area contributed by atoms with E-state index in [1.807, 2.05) is 172 Å². The van der Waals surface area contributed by atoms with E-state index in [1.165, 1.54) is 55.3 Å². The molecule has 0 unspecified atom stereocenters. The Bertz CT molecular complexity index is 3510. The third-order valence-electron chi connectivity index (χ3n) is 11.4. The SMILES string of the molecule is CC(=O)Oc1ccc(/C=C/C=C(\C#N)C(=O)NCc2ccccc2)cc1OC(C)=O.Cc1cccc(CCNC(=O)/C(C#N)=C/C=C/c2ccc(N(C)C)cc2)c1.N#C/C(=C\C=C\c1ccc2c(c1)OCO2)C(=O)NCc1ccccc1. The normalized spacial score (nSPS) is 11.6. The minimum absolute atomic E-state index is 0.0490. The molecule has 0 bridgehead atoms. The van der Waals surface area contributed by atoms with Gasteiger partial charge < -0.3 is 39.8 Å². The van der Waals surface area contributed by atoms with Crippen LogP contribution in [-0.2, 0) is 43.5 Å². The molecule has 0 saturated carbocycles. The number of hydrogen-bond acceptors (Lipinski definition) is 13. The summed E-state index contributed by atoms with van der Waals surface area (Å²) < 4.78 is 20.6. The van der Waals surface area contributed by atoms with Crippen molar-refractivity contribution in [3.63, 3.8) is 0 Å². The van der Waals surface area contributed by atoms with E-state index in [1.54, 1.807) is 36.4 Å². The Kier molecular flexibility index (Phi) is 25.1. The largest absolute Gasteiger partial charge is 0.454 e. The van der Waals surface area contributed by atoms with E-state index in [9.17, 15) is 34.5 Å². The molecule has 0 fully saturated rings. The molecule has 1 aliphatic heterocycles. The lowest BCUT2D eigenvalue weighted by Gasteiger charge is -2.11. The average molecular weight is 1100 g/mol. The van der Waals surface area contributed by atoms with Crippen molar-refractivity contribution >= 4 is 53.6 Å². The standard InChI is InChI=1S/C23H25N3O.C23H20N2O5.C20H16N2O3/c1-18-6-4-8-20(16-18)14-15-25-23(27)21(17-24)9-5-7-19-10-12-22(13-11-19)26(2)3;1-16(26)29-21-12-11-18(13-22(21)30-17(2)27)9-6-10-20(14-24)23(28)25-15-19-7-4-3-5-8-19;21-12-17(20(23)22-13-16-5-2-1-3-6-16)8-4-7-15-9-10-18-19(11-15)25-14-24-18/h4-13,16H,14-15H2,1-3H3,(H,25,27);3-13H,15H2,1-2H3,(H,25,28);1-11H,13-14H2,(H,22,23)/b7-5+,21-9+;9-6+,20-10+;7-4+,17-8+. The highest BCUT2D eigenvalue weighted by Gasteiger charge is 2.14. The molecule has 414 valence electrons. The fourth-order valence-corrected chi connectivity index (χ4v) is 7.29. The summed E-state index contributed by atoms with van der Waals surface area (Å²) in [5.41, 5.74) is 7.98. The van der Waals surface area contributed by atoms with Crippen molar-refractivity contribution in [3.8, 4) is 41.2 Å². The van der Waals surface area contributed by atoms with Crippen molar-refractivity contribution in [1.82, 2.24) is 16.0 Å². The van der Waals surface area contributed by atoms with Crippen LogP contribution in [0.25, 0.3) is 18.2 Å². The maximum absolute atomic E-state index is 12.2. The molecule has 1 heterocycles. The number of rotatable bonds is 19. The molecule has 16 nitrogen and oxygen atoms in total. The monoisotopic (exact) mass is 1100 g/mol. The van der Waals surface area contributed by atoms with E-state index in [-0.39, 0.29) is 40.9 Å². The zero-order valence-electron chi connectivity index (χ0n) is 46.1. The first-order valence-electron chi connectivity index (χ1n) is 25.7. The molecule has 6 aromatic rings. The minimum atomic E-state index is -0.564. The van der Waals surface area contributed by atoms with Gasteiger partial charge in [-0.05, 0) is 101 Å². The van der Waals surface area contributed by atoms with E-state index in [2.05, 4.69) is 22.0 Å². The van der Waals surface area contributed by atoms with Gasteiger partial charge in [-0.1, -0.05) is 151 Å². The first-order chi connectivity index (χ1) is 39.6. The lowest BCUT2D eigenvalue weighted by molar-refractivity contribution is -0.134. The lowest BCUT2D eigenvalue weighted by Crippen LogP contribution is -2.26. The molecular weight excluding hydrogens is 1030 g/mol. The third kappa shape index (κ3) is 21.8. The van der Waals surface area contributed by atoms with Crippen molar-refractivity contribution in [1.29, 1.82) is 15.8 Å². The van der Waals surface area contributed by atoms with Crippen LogP contribution in [0.1, 0.15) is 52.8 Å². The Morgan fingerprint density at radius 2 is 0.988 bits per heavy atom. The lowest BCUT2D eigenvalue weighted by atomic mass is 10.1. The van der Waals surface area contributed by atoms with Crippen LogP contribution in [0.3, 0.4) is 0 Å². The number of amides is 3. The highest BCUT2D eigenvalue weighted by Crippen LogP contribution is 2.33. The van der Waals surface area contributed by atoms with Crippen LogP contribution >= 0.6 is 0 Å². The number of carbonyl (C=O) groups excluding carboxylic acids is 5. The van der Waals surface area contributed by atoms with Crippen LogP contribution in [0, 0.1) is 40.9 Å². The van der Waals surface area contributed by atoms with Crippen LogP contribution < -0.4 is 39.8 Å². The predicted molar refractivity (Wildman–Crippen MR) is 315 cm³/mol. The summed E-state index contributed by atoms with van der Waals surface area (Å²) in [6.45, 7) is 5.92. The van der Waals surface area contributed by atoms with Crippen molar-refractivity contribution in [3.05, 3.63) is 238 Å². The number of esters is 2. The number of fused-ring (bicyclic) bond motifs is 1. The minimum Gasteiger partial charge on any atom is -0.454 e. The first kappa shape index (κ1) is 61.8. The number of carbonyl (C=O) groups is 5. The number of nitriles is 3. The molecular formula is C66H61N7O9. The van der Waals surface area contributed by atoms with E-state index in [0.29, 0.717) is 36.7 Å². The predicted octanol–water partition coefficient (Wildman–Crippen LogP) is 10.4. The van der Waals surface area contributed by atoms with Gasteiger partial charge in [0.2, 0.25) is 6.79 Å². The van der Waals surface area contributed by atoms with Crippen LogP contribution in [0.15, 0.2) is 199 Å². The van der Waals surface area contributed by atoms with Gasteiger partial charge in [0.15, 0.2) is 23.0 Å². The van der Waals surface area contributed by atoms with Crippen molar-refractivity contribution in [2.24, 2.45) is 0 Å². The molecule has 0 aromatic heterocycles. The van der Waals surface area contributed by atoms with E-state index in [4.69, 9.17) is 24.2 Å². The highest BCUT2D eigenvalue weighted by molar-refractivity contribution is 5.98. The van der Waals surface area contributed by atoms with Crippen LogP contribution in [0.4, 0.5) is 5.69 Å². The molecule has 0 atom stereocenters. The Balaban J connectivity index is 0.000000226. The summed E-state index contributed by atoms with van der Waals surface area (Å²) in [5, 5.41) is 35.8. The average Bonchev–Trinajstić information content (AvgIpc) is 4.03. The topological polar surface area (TPSA) is 233 Å².